The molecule has 4 aromatic rings. The number of amides is 3. The van der Waals surface area contributed by atoms with Crippen LogP contribution < -0.4 is 14.8 Å². The van der Waals surface area contributed by atoms with Crippen molar-refractivity contribution in [3.8, 4) is 28.4 Å². The molecule has 4 aromatic carbocycles. The van der Waals surface area contributed by atoms with Gasteiger partial charge in [-0.2, -0.15) is 0 Å². The lowest BCUT2D eigenvalue weighted by atomic mass is 9.94. The van der Waals surface area contributed by atoms with Gasteiger partial charge in [0.2, 0.25) is 11.8 Å². The molecular formula is C48H55N3O6. The summed E-state index contributed by atoms with van der Waals surface area (Å²) < 4.78 is 18.7. The monoisotopic (exact) mass is 769 g/mol. The van der Waals surface area contributed by atoms with Crippen molar-refractivity contribution in [3.63, 3.8) is 0 Å². The first-order chi connectivity index (χ1) is 27.9. The quantitative estimate of drug-likeness (QED) is 0.173. The fraction of sp³-hybridized carbons (Fsp3) is 0.438. The van der Waals surface area contributed by atoms with Crippen molar-refractivity contribution in [2.45, 2.75) is 95.1 Å². The lowest BCUT2D eigenvalue weighted by Gasteiger charge is -2.34. The van der Waals surface area contributed by atoms with Gasteiger partial charge < -0.3 is 24.4 Å². The maximum atomic E-state index is 14.2. The van der Waals surface area contributed by atoms with Crippen LogP contribution in [0.2, 0.25) is 0 Å². The highest BCUT2D eigenvalue weighted by Gasteiger charge is 2.37. The third kappa shape index (κ3) is 8.68. The number of rotatable bonds is 10. The van der Waals surface area contributed by atoms with E-state index in [1.807, 2.05) is 66.7 Å². The first-order valence-corrected chi connectivity index (χ1v) is 21.1. The van der Waals surface area contributed by atoms with E-state index >= 15 is 0 Å². The molecule has 298 valence electrons. The number of likely N-dealkylation sites (tertiary alicyclic amines) is 1. The summed E-state index contributed by atoms with van der Waals surface area (Å²) in [5.41, 5.74) is 6.11. The van der Waals surface area contributed by atoms with Gasteiger partial charge in [0.15, 0.2) is 0 Å². The van der Waals surface area contributed by atoms with Crippen LogP contribution in [0.1, 0.15) is 111 Å². The Bertz CT molecular complexity index is 2000. The zero-order valence-electron chi connectivity index (χ0n) is 33.1. The third-order valence-corrected chi connectivity index (χ3v) is 12.4. The molecule has 1 saturated heterocycles. The molecule has 2 aliphatic carbocycles. The van der Waals surface area contributed by atoms with Gasteiger partial charge in [0.1, 0.15) is 29.9 Å². The number of nitrogens with one attached hydrogen (secondary N) is 1. The number of hydrogen-bond acceptors (Lipinski definition) is 6. The Balaban J connectivity index is 0.978. The number of piperidine rings is 1. The summed E-state index contributed by atoms with van der Waals surface area (Å²) in [5.74, 6) is 1.85. The molecule has 0 spiro atoms. The minimum atomic E-state index is -1.04. The first-order valence-electron chi connectivity index (χ1n) is 21.1. The van der Waals surface area contributed by atoms with Crippen molar-refractivity contribution in [3.05, 3.63) is 113 Å². The van der Waals surface area contributed by atoms with E-state index in [1.54, 1.807) is 11.9 Å². The molecule has 57 heavy (non-hydrogen) atoms. The number of benzene rings is 4. The predicted octanol–water partition coefficient (Wildman–Crippen LogP) is 9.78. The SMILES string of the molecule is CN(C(=O)OCC1c2ccccc2-c2ccccc21)[C@@H](CC(=O)NC1c2ccccc2Oc2cc(OCC3CCCCCCCC3)ccc21)C(=O)N1CCCCC1. The number of nitrogens with zero attached hydrogens (tertiary/aromatic N) is 2. The van der Waals surface area contributed by atoms with Crippen molar-refractivity contribution >= 4 is 17.9 Å². The van der Waals surface area contributed by atoms with Crippen molar-refractivity contribution in [2.24, 2.45) is 5.92 Å². The van der Waals surface area contributed by atoms with E-state index in [4.69, 9.17) is 14.2 Å². The Morgan fingerprint density at radius 1 is 0.719 bits per heavy atom. The summed E-state index contributed by atoms with van der Waals surface area (Å²) in [7, 11) is 1.57. The Kier molecular flexibility index (Phi) is 12.1. The van der Waals surface area contributed by atoms with Crippen LogP contribution in [0.15, 0.2) is 91.0 Å². The molecule has 0 aromatic heterocycles. The van der Waals surface area contributed by atoms with E-state index in [0.29, 0.717) is 37.1 Å². The van der Waals surface area contributed by atoms with Gasteiger partial charge in [0.25, 0.3) is 0 Å². The summed E-state index contributed by atoms with van der Waals surface area (Å²) in [6, 6.07) is 28.3. The van der Waals surface area contributed by atoms with E-state index in [1.165, 1.54) is 56.3 Å². The number of fused-ring (bicyclic) bond motifs is 5. The van der Waals surface area contributed by atoms with Crippen molar-refractivity contribution in [2.75, 3.05) is 33.4 Å². The zero-order valence-corrected chi connectivity index (χ0v) is 33.1. The summed E-state index contributed by atoms with van der Waals surface area (Å²) >= 11 is 0. The number of likely N-dealkylation sites (N-methyl/N-ethyl adjacent to an activating group) is 1. The van der Waals surface area contributed by atoms with Crippen LogP contribution in [0.25, 0.3) is 11.1 Å². The molecule has 2 heterocycles. The molecule has 8 rings (SSSR count). The van der Waals surface area contributed by atoms with E-state index < -0.39 is 18.2 Å². The van der Waals surface area contributed by atoms with Crippen LogP contribution >= 0.6 is 0 Å². The zero-order chi connectivity index (χ0) is 39.1. The smallest absolute Gasteiger partial charge is 0.410 e. The van der Waals surface area contributed by atoms with Gasteiger partial charge in [-0.3, -0.25) is 14.5 Å². The van der Waals surface area contributed by atoms with Crippen LogP contribution in [0.4, 0.5) is 4.79 Å². The van der Waals surface area contributed by atoms with Gasteiger partial charge in [-0.25, -0.2) is 4.79 Å². The molecule has 4 aliphatic rings. The predicted molar refractivity (Wildman–Crippen MR) is 221 cm³/mol. The summed E-state index contributed by atoms with van der Waals surface area (Å²) in [6.45, 7) is 2.00. The van der Waals surface area contributed by atoms with Crippen LogP contribution in [0, 0.1) is 5.92 Å². The number of carbonyl (C=O) groups is 3. The topological polar surface area (TPSA) is 97.4 Å². The molecule has 9 heteroatoms. The fourth-order valence-corrected chi connectivity index (χ4v) is 9.22. The lowest BCUT2D eigenvalue weighted by molar-refractivity contribution is -0.139. The van der Waals surface area contributed by atoms with E-state index in [-0.39, 0.29) is 30.8 Å². The molecule has 0 radical (unpaired) electrons. The molecule has 2 aliphatic heterocycles. The fourth-order valence-electron chi connectivity index (χ4n) is 9.22. The molecule has 9 nitrogen and oxygen atoms in total. The van der Waals surface area contributed by atoms with Crippen LogP contribution in [-0.4, -0.2) is 67.1 Å². The minimum absolute atomic E-state index is 0.121. The van der Waals surface area contributed by atoms with E-state index in [2.05, 4.69) is 29.6 Å². The molecule has 2 fully saturated rings. The van der Waals surface area contributed by atoms with E-state index in [9.17, 15) is 14.4 Å². The number of carbonyl (C=O) groups excluding carboxylic acids is 3. The van der Waals surface area contributed by atoms with Crippen LogP contribution in [0.5, 0.6) is 17.2 Å². The third-order valence-electron chi connectivity index (χ3n) is 12.4. The standard InChI is InChI=1S/C48H55N3O6/c1-50(48(54)56-32-41-37-21-11-9-19-35(37)36-20-10-12-22-38(36)41)42(47(53)51-27-15-6-16-28-51)30-45(52)49-46-39-23-13-14-24-43(39)57-44-29-34(25-26-40(44)46)55-31-33-17-7-4-2-3-5-8-18-33/h9-14,19-26,29,33,41-42,46H,2-8,15-18,27-28,30-32H2,1H3,(H,49,52)/t42-,46?/m0/s1. The van der Waals surface area contributed by atoms with Crippen LogP contribution in [-0.2, 0) is 14.3 Å². The van der Waals surface area contributed by atoms with E-state index in [0.717, 1.165) is 58.4 Å². The largest absolute Gasteiger partial charge is 0.493 e. The average molecular weight is 770 g/mol. The van der Waals surface area contributed by atoms with Gasteiger partial charge in [0, 0.05) is 43.2 Å². The number of ether oxygens (including phenoxy) is 3. The second-order valence-electron chi connectivity index (χ2n) is 16.2. The highest BCUT2D eigenvalue weighted by molar-refractivity contribution is 5.91. The summed E-state index contributed by atoms with van der Waals surface area (Å²) in [4.78, 5) is 45.3. The van der Waals surface area contributed by atoms with Crippen molar-refractivity contribution in [1.82, 2.24) is 15.1 Å². The Morgan fingerprint density at radius 2 is 1.32 bits per heavy atom. The van der Waals surface area contributed by atoms with Gasteiger partial charge in [-0.15, -0.1) is 0 Å². The molecule has 1 N–H and O–H groups in total. The Labute approximate surface area is 336 Å². The Hall–Kier alpha value is -5.31. The molecule has 1 unspecified atom stereocenters. The molecule has 3 amide bonds. The highest BCUT2D eigenvalue weighted by atomic mass is 16.6. The molecule has 1 saturated carbocycles. The van der Waals surface area contributed by atoms with Gasteiger partial charge in [0.05, 0.1) is 19.1 Å². The second kappa shape index (κ2) is 17.9. The molecule has 2 atom stereocenters. The van der Waals surface area contributed by atoms with Gasteiger partial charge >= 0.3 is 6.09 Å². The maximum absolute atomic E-state index is 14.2. The number of hydrogen-bond donors (Lipinski definition) is 1. The summed E-state index contributed by atoms with van der Waals surface area (Å²) in [5, 5.41) is 3.22. The van der Waals surface area contributed by atoms with Gasteiger partial charge in [-0.05, 0) is 78.5 Å². The van der Waals surface area contributed by atoms with Crippen molar-refractivity contribution in [1.29, 1.82) is 0 Å². The van der Waals surface area contributed by atoms with Gasteiger partial charge in [-0.1, -0.05) is 105 Å². The molecule has 0 bridgehead atoms. The Morgan fingerprint density at radius 3 is 2.02 bits per heavy atom. The normalized spacial score (nSPS) is 18.5. The second-order valence-corrected chi connectivity index (χ2v) is 16.2. The van der Waals surface area contributed by atoms with Crippen molar-refractivity contribution < 1.29 is 28.6 Å². The number of para-hydroxylation sites is 1. The minimum Gasteiger partial charge on any atom is -0.493 e. The highest BCUT2D eigenvalue weighted by Crippen LogP contribution is 2.46. The lowest BCUT2D eigenvalue weighted by Crippen LogP contribution is -2.52. The maximum Gasteiger partial charge on any atom is 0.410 e. The first kappa shape index (κ1) is 38.6. The van der Waals surface area contributed by atoms with Crippen LogP contribution in [0.3, 0.4) is 0 Å². The molecular weight excluding hydrogens is 715 g/mol. The summed E-state index contributed by atoms with van der Waals surface area (Å²) in [6.07, 6.45) is 12.1. The average Bonchev–Trinajstić information content (AvgIpc) is 3.63.